The molecule has 0 aromatic heterocycles. The van der Waals surface area contributed by atoms with E-state index in [1.54, 1.807) is 67.5 Å². The number of hydrogen-bond donors (Lipinski definition) is 2. The summed E-state index contributed by atoms with van der Waals surface area (Å²) < 4.78 is 0. The van der Waals surface area contributed by atoms with Gasteiger partial charge in [-0.25, -0.2) is 0 Å². The maximum absolute atomic E-state index is 13.4. The number of likely N-dealkylation sites (N-methyl/N-ethyl adjacent to an activating group) is 1. The van der Waals surface area contributed by atoms with Crippen molar-refractivity contribution in [3.63, 3.8) is 0 Å². The average Bonchev–Trinajstić information content (AvgIpc) is 2.78. The standard InChI is InChI=1S/C26H23N3O4/c1-15-8-10-16(11-9-15)26(33)28-23-20(27-21(30)14-29(2)3)13-12-19-22(23)25(32)18-7-5-4-6-17(18)24(19)31/h4-13H,14H2,1-3H3,(H,27,30)(H,28,33). The fraction of sp³-hybridized carbons (Fsp3) is 0.154. The fourth-order valence-electron chi connectivity index (χ4n) is 3.79. The molecule has 7 heteroatoms. The van der Waals surface area contributed by atoms with Gasteiger partial charge in [-0.1, -0.05) is 42.0 Å². The molecule has 0 heterocycles. The third-order valence-electron chi connectivity index (χ3n) is 5.38. The quantitative estimate of drug-likeness (QED) is 0.494. The maximum Gasteiger partial charge on any atom is 0.255 e. The van der Waals surface area contributed by atoms with E-state index < -0.39 is 5.91 Å². The zero-order chi connectivity index (χ0) is 23.7. The van der Waals surface area contributed by atoms with Crippen LogP contribution in [0.4, 0.5) is 11.4 Å². The molecule has 33 heavy (non-hydrogen) atoms. The van der Waals surface area contributed by atoms with Gasteiger partial charge in [0.15, 0.2) is 11.6 Å². The number of fused-ring (bicyclic) bond motifs is 2. The zero-order valence-corrected chi connectivity index (χ0v) is 18.6. The number of benzene rings is 3. The molecular formula is C26H23N3O4. The molecule has 0 atom stereocenters. The van der Waals surface area contributed by atoms with E-state index >= 15 is 0 Å². The second kappa shape index (κ2) is 8.80. The van der Waals surface area contributed by atoms with Crippen molar-refractivity contribution in [2.45, 2.75) is 6.92 Å². The Morgan fingerprint density at radius 3 is 2.06 bits per heavy atom. The Morgan fingerprint density at radius 2 is 1.42 bits per heavy atom. The molecule has 3 aromatic rings. The predicted molar refractivity (Wildman–Crippen MR) is 126 cm³/mol. The molecular weight excluding hydrogens is 418 g/mol. The normalized spacial score (nSPS) is 12.2. The van der Waals surface area contributed by atoms with Gasteiger partial charge in [-0.2, -0.15) is 0 Å². The summed E-state index contributed by atoms with van der Waals surface area (Å²) in [4.78, 5) is 53.7. The van der Waals surface area contributed by atoms with Gasteiger partial charge in [0.25, 0.3) is 5.91 Å². The monoisotopic (exact) mass is 441 g/mol. The Balaban J connectivity index is 1.82. The summed E-state index contributed by atoms with van der Waals surface area (Å²) in [6.45, 7) is 2.02. The second-order valence-corrected chi connectivity index (χ2v) is 8.22. The van der Waals surface area contributed by atoms with Gasteiger partial charge in [0.2, 0.25) is 5.91 Å². The highest BCUT2D eigenvalue weighted by atomic mass is 16.2. The van der Waals surface area contributed by atoms with Crippen LogP contribution in [0.5, 0.6) is 0 Å². The molecule has 0 fully saturated rings. The molecule has 0 unspecified atom stereocenters. The summed E-state index contributed by atoms with van der Waals surface area (Å²) in [7, 11) is 3.51. The smallest absolute Gasteiger partial charge is 0.255 e. The van der Waals surface area contributed by atoms with Crippen LogP contribution in [0.15, 0.2) is 60.7 Å². The summed E-state index contributed by atoms with van der Waals surface area (Å²) >= 11 is 0. The minimum Gasteiger partial charge on any atom is -0.323 e. The first kappa shape index (κ1) is 22.1. The lowest BCUT2D eigenvalue weighted by Crippen LogP contribution is -2.29. The Kier molecular flexibility index (Phi) is 5.89. The van der Waals surface area contributed by atoms with E-state index in [1.807, 2.05) is 6.92 Å². The molecule has 0 aliphatic heterocycles. The number of nitrogens with zero attached hydrogens (tertiary/aromatic N) is 1. The predicted octanol–water partition coefficient (Wildman–Crippen LogP) is 3.52. The van der Waals surface area contributed by atoms with Gasteiger partial charge in [0.05, 0.1) is 23.5 Å². The molecule has 0 bridgehead atoms. The lowest BCUT2D eigenvalue weighted by Gasteiger charge is -2.23. The largest absolute Gasteiger partial charge is 0.323 e. The SMILES string of the molecule is Cc1ccc(C(=O)Nc2c(NC(=O)CN(C)C)ccc3c2C(=O)c2ccccc2C3=O)cc1. The van der Waals surface area contributed by atoms with E-state index in [0.29, 0.717) is 11.1 Å². The van der Waals surface area contributed by atoms with Gasteiger partial charge in [-0.15, -0.1) is 0 Å². The molecule has 0 saturated heterocycles. The van der Waals surface area contributed by atoms with Crippen molar-refractivity contribution in [2.24, 2.45) is 0 Å². The number of carbonyl (C=O) groups excluding carboxylic acids is 4. The highest BCUT2D eigenvalue weighted by Gasteiger charge is 2.33. The third-order valence-corrected chi connectivity index (χ3v) is 5.38. The number of amides is 2. The van der Waals surface area contributed by atoms with Crippen molar-refractivity contribution in [1.82, 2.24) is 4.90 Å². The Hall–Kier alpha value is -4.10. The molecule has 3 aromatic carbocycles. The van der Waals surface area contributed by atoms with Crippen LogP contribution in [0.25, 0.3) is 0 Å². The first-order valence-electron chi connectivity index (χ1n) is 10.4. The summed E-state index contributed by atoms with van der Waals surface area (Å²) in [6, 6.07) is 16.6. The van der Waals surface area contributed by atoms with E-state index in [0.717, 1.165) is 5.56 Å². The van der Waals surface area contributed by atoms with E-state index in [9.17, 15) is 19.2 Å². The molecule has 2 amide bonds. The number of ketones is 2. The minimum atomic E-state index is -0.453. The van der Waals surface area contributed by atoms with Gasteiger partial charge >= 0.3 is 0 Å². The topological polar surface area (TPSA) is 95.6 Å². The van der Waals surface area contributed by atoms with Crippen LogP contribution in [0, 0.1) is 6.92 Å². The van der Waals surface area contributed by atoms with Gasteiger partial charge in [-0.3, -0.25) is 19.2 Å². The average molecular weight is 441 g/mol. The number of nitrogens with one attached hydrogen (secondary N) is 2. The number of carbonyl (C=O) groups is 4. The first-order chi connectivity index (χ1) is 15.8. The van der Waals surface area contributed by atoms with Crippen molar-refractivity contribution >= 4 is 34.8 Å². The molecule has 2 N–H and O–H groups in total. The highest BCUT2D eigenvalue weighted by molar-refractivity contribution is 6.31. The van der Waals surface area contributed by atoms with Crippen LogP contribution in [0.3, 0.4) is 0 Å². The van der Waals surface area contributed by atoms with Crippen molar-refractivity contribution in [3.05, 3.63) is 94.0 Å². The van der Waals surface area contributed by atoms with Gasteiger partial charge < -0.3 is 15.5 Å². The fourth-order valence-corrected chi connectivity index (χ4v) is 3.79. The summed E-state index contributed by atoms with van der Waals surface area (Å²) in [5.41, 5.74) is 2.58. The van der Waals surface area contributed by atoms with Gasteiger partial charge in [0.1, 0.15) is 0 Å². The van der Waals surface area contributed by atoms with Gasteiger partial charge in [0, 0.05) is 22.3 Å². The van der Waals surface area contributed by atoms with Crippen molar-refractivity contribution in [1.29, 1.82) is 0 Å². The van der Waals surface area contributed by atoms with Crippen LogP contribution in [-0.2, 0) is 4.79 Å². The Bertz CT molecular complexity index is 1290. The van der Waals surface area contributed by atoms with Crippen LogP contribution < -0.4 is 10.6 Å². The number of rotatable bonds is 5. The lowest BCUT2D eigenvalue weighted by molar-refractivity contribution is -0.116. The third kappa shape index (κ3) is 4.31. The molecule has 1 aliphatic rings. The molecule has 0 spiro atoms. The van der Waals surface area contributed by atoms with Crippen molar-refractivity contribution < 1.29 is 19.2 Å². The van der Waals surface area contributed by atoms with Crippen molar-refractivity contribution in [2.75, 3.05) is 31.3 Å². The van der Waals surface area contributed by atoms with E-state index in [1.165, 1.54) is 12.1 Å². The second-order valence-electron chi connectivity index (χ2n) is 8.22. The maximum atomic E-state index is 13.4. The van der Waals surface area contributed by atoms with E-state index in [2.05, 4.69) is 10.6 Å². The summed E-state index contributed by atoms with van der Waals surface area (Å²) in [5, 5.41) is 5.53. The molecule has 4 rings (SSSR count). The van der Waals surface area contributed by atoms with Crippen LogP contribution in [0.1, 0.15) is 47.8 Å². The Morgan fingerprint density at radius 1 is 0.788 bits per heavy atom. The molecule has 7 nitrogen and oxygen atoms in total. The zero-order valence-electron chi connectivity index (χ0n) is 18.6. The Labute approximate surface area is 191 Å². The summed E-state index contributed by atoms with van der Waals surface area (Å²) in [5.74, 6) is -1.47. The number of hydrogen-bond acceptors (Lipinski definition) is 5. The molecule has 0 radical (unpaired) electrons. The minimum absolute atomic E-state index is 0.0711. The number of anilines is 2. The van der Waals surface area contributed by atoms with Crippen LogP contribution in [-0.4, -0.2) is 48.9 Å². The van der Waals surface area contributed by atoms with Crippen LogP contribution >= 0.6 is 0 Å². The van der Waals surface area contributed by atoms with Crippen molar-refractivity contribution in [3.8, 4) is 0 Å². The highest BCUT2D eigenvalue weighted by Crippen LogP contribution is 2.37. The summed E-state index contributed by atoms with van der Waals surface area (Å²) in [6.07, 6.45) is 0. The molecule has 1 aliphatic carbocycles. The molecule has 0 saturated carbocycles. The lowest BCUT2D eigenvalue weighted by atomic mass is 9.82. The van der Waals surface area contributed by atoms with E-state index in [4.69, 9.17) is 0 Å². The first-order valence-corrected chi connectivity index (χ1v) is 10.4. The molecule has 166 valence electrons. The van der Waals surface area contributed by atoms with Crippen LogP contribution in [0.2, 0.25) is 0 Å². The number of aryl methyl sites for hydroxylation is 1. The van der Waals surface area contributed by atoms with E-state index in [-0.39, 0.29) is 52.1 Å². The van der Waals surface area contributed by atoms with Gasteiger partial charge in [-0.05, 0) is 45.3 Å².